The van der Waals surface area contributed by atoms with Gasteiger partial charge >= 0.3 is 0 Å². The van der Waals surface area contributed by atoms with Crippen LogP contribution in [0.25, 0.3) is 10.9 Å². The van der Waals surface area contributed by atoms with Gasteiger partial charge in [-0.15, -0.1) is 24.0 Å². The number of nitrogens with zero attached hydrogens (tertiary/aromatic N) is 2. The fourth-order valence-corrected chi connectivity index (χ4v) is 3.51. The molecule has 0 saturated heterocycles. The molecule has 3 rings (SSSR count). The Hall–Kier alpha value is -1.41. The van der Waals surface area contributed by atoms with E-state index in [1.165, 1.54) is 49.5 Å². The third-order valence-corrected chi connectivity index (χ3v) is 4.96. The van der Waals surface area contributed by atoms with E-state index in [1.807, 2.05) is 24.4 Å². The van der Waals surface area contributed by atoms with Gasteiger partial charge in [-0.05, 0) is 30.5 Å². The van der Waals surface area contributed by atoms with E-state index in [0.29, 0.717) is 12.6 Å². The number of guanidine groups is 1. The second-order valence-corrected chi connectivity index (χ2v) is 6.82. The normalized spacial score (nSPS) is 15.8. The van der Waals surface area contributed by atoms with Crippen molar-refractivity contribution >= 4 is 40.8 Å². The van der Waals surface area contributed by atoms with Gasteiger partial charge in [0.15, 0.2) is 5.96 Å². The summed E-state index contributed by atoms with van der Waals surface area (Å²) >= 11 is 0. The van der Waals surface area contributed by atoms with Crippen LogP contribution in [-0.4, -0.2) is 37.2 Å². The lowest BCUT2D eigenvalue weighted by atomic mass is 10.1. The van der Waals surface area contributed by atoms with Crippen molar-refractivity contribution in [3.05, 3.63) is 42.1 Å². The van der Waals surface area contributed by atoms with Gasteiger partial charge in [-0.2, -0.15) is 0 Å². The van der Waals surface area contributed by atoms with Crippen molar-refractivity contribution in [2.24, 2.45) is 4.99 Å². The number of fused-ring (bicyclic) bond motifs is 1. The summed E-state index contributed by atoms with van der Waals surface area (Å²) in [6, 6.07) is 10.3. The number of pyridine rings is 1. The van der Waals surface area contributed by atoms with E-state index in [2.05, 4.69) is 32.7 Å². The minimum absolute atomic E-state index is 0. The number of aliphatic imine (C=N–C) groups is 1. The highest BCUT2D eigenvalue weighted by atomic mass is 127. The molecule has 6 heteroatoms. The van der Waals surface area contributed by atoms with Crippen molar-refractivity contribution in [3.63, 3.8) is 0 Å². The number of halogens is 1. The van der Waals surface area contributed by atoms with E-state index >= 15 is 0 Å². The average molecular weight is 482 g/mol. The van der Waals surface area contributed by atoms with Gasteiger partial charge in [0, 0.05) is 31.7 Å². The van der Waals surface area contributed by atoms with Crippen molar-refractivity contribution in [2.75, 3.05) is 20.2 Å². The Morgan fingerprint density at radius 2 is 1.89 bits per heavy atom. The van der Waals surface area contributed by atoms with Crippen molar-refractivity contribution in [2.45, 2.75) is 51.2 Å². The first-order chi connectivity index (χ1) is 12.9. The maximum Gasteiger partial charge on any atom is 0.191 e. The van der Waals surface area contributed by atoms with Crippen LogP contribution in [0.15, 0.2) is 41.5 Å². The lowest BCUT2D eigenvalue weighted by Crippen LogP contribution is -2.39. The first-order valence-electron chi connectivity index (χ1n) is 9.75. The van der Waals surface area contributed by atoms with Gasteiger partial charge < -0.3 is 15.4 Å². The van der Waals surface area contributed by atoms with Crippen LogP contribution < -0.4 is 10.6 Å². The first kappa shape index (κ1) is 21.9. The summed E-state index contributed by atoms with van der Waals surface area (Å²) in [5.74, 6) is 0.801. The fraction of sp³-hybridized carbons (Fsp3) is 0.524. The van der Waals surface area contributed by atoms with Crippen LogP contribution in [0.1, 0.15) is 44.1 Å². The number of hydrogen-bond acceptors (Lipinski definition) is 3. The second kappa shape index (κ2) is 12.1. The number of benzene rings is 1. The Kier molecular flexibility index (Phi) is 9.83. The van der Waals surface area contributed by atoms with Crippen molar-refractivity contribution in [3.8, 4) is 0 Å². The Labute approximate surface area is 179 Å². The van der Waals surface area contributed by atoms with Crippen LogP contribution in [0, 0.1) is 0 Å². The molecule has 0 aliphatic heterocycles. The van der Waals surface area contributed by atoms with E-state index in [4.69, 9.17) is 4.74 Å². The molecule has 0 spiro atoms. The lowest BCUT2D eigenvalue weighted by Gasteiger charge is -2.17. The topological polar surface area (TPSA) is 58.5 Å². The van der Waals surface area contributed by atoms with Crippen LogP contribution in [0.2, 0.25) is 0 Å². The zero-order valence-corrected chi connectivity index (χ0v) is 18.4. The molecule has 1 aliphatic rings. The van der Waals surface area contributed by atoms with Gasteiger partial charge in [0.05, 0.1) is 18.2 Å². The van der Waals surface area contributed by atoms with Crippen molar-refractivity contribution in [1.82, 2.24) is 15.6 Å². The number of rotatable bonds is 6. The predicted octanol–water partition coefficient (Wildman–Crippen LogP) is 4.26. The second-order valence-electron chi connectivity index (χ2n) is 6.82. The molecule has 148 valence electrons. The van der Waals surface area contributed by atoms with Crippen LogP contribution >= 0.6 is 24.0 Å². The molecule has 0 radical (unpaired) electrons. The summed E-state index contributed by atoms with van der Waals surface area (Å²) in [5, 5.41) is 7.90. The van der Waals surface area contributed by atoms with Gasteiger partial charge in [-0.1, -0.05) is 43.9 Å². The minimum Gasteiger partial charge on any atom is -0.376 e. The lowest BCUT2D eigenvalue weighted by molar-refractivity contribution is 0.0468. The highest BCUT2D eigenvalue weighted by molar-refractivity contribution is 14.0. The number of para-hydroxylation sites is 1. The Morgan fingerprint density at radius 1 is 1.11 bits per heavy atom. The SMILES string of the molecule is CN=C(NCCOC1CCCCCC1)NCc1ccnc2ccccc12.I. The van der Waals surface area contributed by atoms with Crippen LogP contribution in [-0.2, 0) is 11.3 Å². The molecular formula is C21H31IN4O. The van der Waals surface area contributed by atoms with Crippen molar-refractivity contribution in [1.29, 1.82) is 0 Å². The highest BCUT2D eigenvalue weighted by Crippen LogP contribution is 2.19. The number of aromatic nitrogens is 1. The molecule has 0 atom stereocenters. The molecule has 1 aromatic heterocycles. The van der Waals surface area contributed by atoms with Gasteiger partial charge in [0.1, 0.15) is 0 Å². The summed E-state index contributed by atoms with van der Waals surface area (Å²) < 4.78 is 6.02. The predicted molar refractivity (Wildman–Crippen MR) is 123 cm³/mol. The van der Waals surface area contributed by atoms with Gasteiger partial charge in [0.2, 0.25) is 0 Å². The molecule has 0 amide bonds. The summed E-state index contributed by atoms with van der Waals surface area (Å²) in [5.41, 5.74) is 2.24. The molecular weight excluding hydrogens is 451 g/mol. The molecule has 5 nitrogen and oxygen atoms in total. The monoisotopic (exact) mass is 482 g/mol. The van der Waals surface area contributed by atoms with Gasteiger partial charge in [0.25, 0.3) is 0 Å². The van der Waals surface area contributed by atoms with E-state index < -0.39 is 0 Å². The Balaban J connectivity index is 0.00000261. The highest BCUT2D eigenvalue weighted by Gasteiger charge is 2.12. The smallest absolute Gasteiger partial charge is 0.191 e. The maximum atomic E-state index is 6.02. The Morgan fingerprint density at radius 3 is 2.67 bits per heavy atom. The molecule has 1 aliphatic carbocycles. The maximum absolute atomic E-state index is 6.02. The minimum atomic E-state index is 0. The third kappa shape index (κ3) is 6.92. The van der Waals surface area contributed by atoms with E-state index in [9.17, 15) is 0 Å². The number of hydrogen-bond donors (Lipinski definition) is 2. The van der Waals surface area contributed by atoms with E-state index in [-0.39, 0.29) is 24.0 Å². The standard InChI is InChI=1S/C21H30N4O.HI/c1-22-21(24-14-15-26-18-8-4-2-3-5-9-18)25-16-17-12-13-23-20-11-7-6-10-19(17)20;/h6-7,10-13,18H,2-5,8-9,14-16H2,1H3,(H2,22,24,25);1H. The molecule has 1 saturated carbocycles. The molecule has 1 heterocycles. The fourth-order valence-electron chi connectivity index (χ4n) is 3.51. The first-order valence-corrected chi connectivity index (χ1v) is 9.75. The molecule has 0 unspecified atom stereocenters. The van der Waals surface area contributed by atoms with E-state index in [1.54, 1.807) is 7.05 Å². The van der Waals surface area contributed by atoms with Gasteiger partial charge in [-0.3, -0.25) is 9.98 Å². The molecule has 27 heavy (non-hydrogen) atoms. The summed E-state index contributed by atoms with van der Waals surface area (Å²) in [7, 11) is 1.80. The summed E-state index contributed by atoms with van der Waals surface area (Å²) in [6.45, 7) is 2.21. The van der Waals surface area contributed by atoms with Crippen LogP contribution in [0.4, 0.5) is 0 Å². The average Bonchev–Trinajstić information content (AvgIpc) is 2.96. The largest absolute Gasteiger partial charge is 0.376 e. The quantitative estimate of drug-likeness (QED) is 0.213. The summed E-state index contributed by atoms with van der Waals surface area (Å²) in [4.78, 5) is 8.72. The molecule has 1 fully saturated rings. The summed E-state index contributed by atoms with van der Waals surface area (Å²) in [6.07, 6.45) is 10.1. The zero-order valence-electron chi connectivity index (χ0n) is 16.1. The molecule has 2 N–H and O–H groups in total. The van der Waals surface area contributed by atoms with Crippen molar-refractivity contribution < 1.29 is 4.74 Å². The van der Waals surface area contributed by atoms with Crippen LogP contribution in [0.5, 0.6) is 0 Å². The third-order valence-electron chi connectivity index (χ3n) is 4.96. The number of ether oxygens (including phenoxy) is 1. The Bertz CT molecular complexity index is 709. The molecule has 0 bridgehead atoms. The van der Waals surface area contributed by atoms with Gasteiger partial charge in [-0.25, -0.2) is 0 Å². The zero-order chi connectivity index (χ0) is 18.0. The number of nitrogens with one attached hydrogen (secondary N) is 2. The van der Waals surface area contributed by atoms with E-state index in [0.717, 1.165) is 24.6 Å². The molecule has 2 aromatic rings. The molecule has 1 aromatic carbocycles. The van der Waals surface area contributed by atoms with Crippen LogP contribution in [0.3, 0.4) is 0 Å².